The maximum atomic E-state index is 6.38. The highest BCUT2D eigenvalue weighted by molar-refractivity contribution is 7.26. The Hall–Kier alpha value is -5.32. The molecule has 6 aromatic carbocycles. The normalized spacial score (nSPS) is 11.8. The number of benzene rings is 6. The molecule has 9 aromatic rings. The Balaban J connectivity index is 1.31. The summed E-state index contributed by atoms with van der Waals surface area (Å²) in [6, 6.07) is 46.7. The van der Waals surface area contributed by atoms with E-state index in [-0.39, 0.29) is 0 Å². The van der Waals surface area contributed by atoms with Crippen LogP contribution in [0.1, 0.15) is 0 Å². The van der Waals surface area contributed by atoms with Gasteiger partial charge in [0.05, 0.1) is 15.9 Å². The number of hydrogen-bond donors (Lipinski definition) is 0. The predicted molar refractivity (Wildman–Crippen MR) is 176 cm³/mol. The van der Waals surface area contributed by atoms with E-state index in [0.717, 1.165) is 59.9 Å². The molecule has 0 atom stereocenters. The lowest BCUT2D eigenvalue weighted by atomic mass is 9.98. The average Bonchev–Trinajstić information content (AvgIpc) is 3.62. The Kier molecular flexibility index (Phi) is 5.07. The van der Waals surface area contributed by atoms with Crippen molar-refractivity contribution >= 4 is 64.4 Å². The molecule has 0 fully saturated rings. The molecule has 4 heteroatoms. The molecule has 3 aromatic heterocycles. The number of fused-ring (bicyclic) bond motifs is 7. The Labute approximate surface area is 245 Å². The summed E-state index contributed by atoms with van der Waals surface area (Å²) in [6.45, 7) is 0. The maximum absolute atomic E-state index is 6.38. The lowest BCUT2D eigenvalue weighted by Gasteiger charge is -2.08. The molecule has 0 spiro atoms. The molecule has 9 rings (SSSR count). The number of nitrogens with zero attached hydrogens (tertiary/aromatic N) is 2. The van der Waals surface area contributed by atoms with Crippen LogP contribution in [0.15, 0.2) is 138 Å². The number of thiophene rings is 1. The third kappa shape index (κ3) is 3.59. The first-order valence-corrected chi connectivity index (χ1v) is 14.8. The highest BCUT2D eigenvalue weighted by Crippen LogP contribution is 2.42. The number of hydrogen-bond acceptors (Lipinski definition) is 4. The monoisotopic (exact) mass is 554 g/mol. The van der Waals surface area contributed by atoms with E-state index in [1.165, 1.54) is 21.0 Å². The van der Waals surface area contributed by atoms with Crippen molar-refractivity contribution in [1.82, 2.24) is 9.97 Å². The summed E-state index contributed by atoms with van der Waals surface area (Å²) < 4.78 is 8.70. The highest BCUT2D eigenvalue weighted by atomic mass is 32.1. The molecule has 0 aliphatic heterocycles. The van der Waals surface area contributed by atoms with E-state index in [1.54, 1.807) is 11.3 Å². The summed E-state index contributed by atoms with van der Waals surface area (Å²) in [5.74, 6) is 0.703. The molecule has 0 amide bonds. The summed E-state index contributed by atoms with van der Waals surface area (Å²) in [5.41, 5.74) is 8.01. The molecule has 0 radical (unpaired) electrons. The number of furan rings is 1. The lowest BCUT2D eigenvalue weighted by molar-refractivity contribution is 0.669. The van der Waals surface area contributed by atoms with Crippen LogP contribution in [0.5, 0.6) is 0 Å². The largest absolute Gasteiger partial charge is 0.456 e. The second kappa shape index (κ2) is 9.10. The standard InChI is InChI=1S/C38H22N2OS/c1-2-10-24(11-3-1)35-37-36(28-13-6-7-16-33(28)42-37)40-38(39-35)29-14-8-15-32-34(29)30-22-27(19-20-31(30)41-32)26-18-17-23-9-4-5-12-25(23)21-26/h1-22H. The highest BCUT2D eigenvalue weighted by Gasteiger charge is 2.20. The Morgan fingerprint density at radius 1 is 0.524 bits per heavy atom. The summed E-state index contributed by atoms with van der Waals surface area (Å²) in [4.78, 5) is 10.5. The molecule has 3 nitrogen and oxygen atoms in total. The predicted octanol–water partition coefficient (Wildman–Crippen LogP) is 10.9. The van der Waals surface area contributed by atoms with Crippen LogP contribution in [-0.4, -0.2) is 9.97 Å². The molecule has 0 saturated heterocycles. The van der Waals surface area contributed by atoms with Gasteiger partial charge in [0.2, 0.25) is 0 Å². The number of rotatable bonds is 3. The van der Waals surface area contributed by atoms with Gasteiger partial charge in [0.1, 0.15) is 11.2 Å². The smallest absolute Gasteiger partial charge is 0.161 e. The first-order chi connectivity index (χ1) is 20.8. The summed E-state index contributed by atoms with van der Waals surface area (Å²) in [7, 11) is 0. The van der Waals surface area contributed by atoms with E-state index in [2.05, 4.69) is 115 Å². The van der Waals surface area contributed by atoms with Gasteiger partial charge in [-0.15, -0.1) is 11.3 Å². The van der Waals surface area contributed by atoms with Crippen molar-refractivity contribution in [2.24, 2.45) is 0 Å². The molecule has 0 bridgehead atoms. The van der Waals surface area contributed by atoms with Crippen LogP contribution in [0.25, 0.3) is 86.8 Å². The zero-order valence-corrected chi connectivity index (χ0v) is 23.2. The van der Waals surface area contributed by atoms with E-state index in [9.17, 15) is 0 Å². The molecule has 196 valence electrons. The zero-order chi connectivity index (χ0) is 27.6. The molecule has 0 aliphatic carbocycles. The van der Waals surface area contributed by atoms with E-state index < -0.39 is 0 Å². The third-order valence-electron chi connectivity index (χ3n) is 8.09. The second-order valence-corrected chi connectivity index (χ2v) is 11.6. The van der Waals surface area contributed by atoms with Crippen LogP contribution < -0.4 is 0 Å². The van der Waals surface area contributed by atoms with Crippen molar-refractivity contribution < 1.29 is 4.42 Å². The molecule has 42 heavy (non-hydrogen) atoms. The average molecular weight is 555 g/mol. The van der Waals surface area contributed by atoms with Crippen molar-refractivity contribution in [3.05, 3.63) is 133 Å². The van der Waals surface area contributed by atoms with Gasteiger partial charge in [-0.3, -0.25) is 0 Å². The van der Waals surface area contributed by atoms with Crippen molar-refractivity contribution in [2.75, 3.05) is 0 Å². The maximum Gasteiger partial charge on any atom is 0.161 e. The fraction of sp³-hybridized carbons (Fsp3) is 0. The van der Waals surface area contributed by atoms with Gasteiger partial charge in [0.15, 0.2) is 5.82 Å². The quantitative estimate of drug-likeness (QED) is 0.218. The Bertz CT molecular complexity index is 2470. The van der Waals surface area contributed by atoms with Crippen LogP contribution in [-0.2, 0) is 0 Å². The molecule has 0 saturated carbocycles. The van der Waals surface area contributed by atoms with Crippen LogP contribution in [0.2, 0.25) is 0 Å². The lowest BCUT2D eigenvalue weighted by Crippen LogP contribution is -1.94. The summed E-state index contributed by atoms with van der Waals surface area (Å²) in [5, 5.41) is 5.72. The fourth-order valence-corrected chi connectivity index (χ4v) is 7.22. The van der Waals surface area contributed by atoms with Gasteiger partial charge in [0, 0.05) is 32.0 Å². The van der Waals surface area contributed by atoms with Crippen molar-refractivity contribution in [3.8, 4) is 33.8 Å². The van der Waals surface area contributed by atoms with Crippen molar-refractivity contribution in [3.63, 3.8) is 0 Å². The summed E-state index contributed by atoms with van der Waals surface area (Å²) in [6.07, 6.45) is 0. The second-order valence-electron chi connectivity index (χ2n) is 10.6. The molecule has 0 unspecified atom stereocenters. The van der Waals surface area contributed by atoms with Gasteiger partial charge in [0.25, 0.3) is 0 Å². The molecule has 3 heterocycles. The molecule has 0 aliphatic rings. The van der Waals surface area contributed by atoms with Gasteiger partial charge in [-0.2, -0.15) is 0 Å². The molecular weight excluding hydrogens is 532 g/mol. The van der Waals surface area contributed by atoms with Crippen molar-refractivity contribution in [2.45, 2.75) is 0 Å². The van der Waals surface area contributed by atoms with Gasteiger partial charge in [-0.05, 0) is 52.2 Å². The van der Waals surface area contributed by atoms with E-state index in [1.807, 2.05) is 18.2 Å². The summed E-state index contributed by atoms with van der Waals surface area (Å²) >= 11 is 1.75. The van der Waals surface area contributed by atoms with Crippen molar-refractivity contribution in [1.29, 1.82) is 0 Å². The number of aromatic nitrogens is 2. The minimum absolute atomic E-state index is 0.703. The first kappa shape index (κ1) is 23.4. The third-order valence-corrected chi connectivity index (χ3v) is 9.25. The molecule has 0 N–H and O–H groups in total. The molecular formula is C38H22N2OS. The Morgan fingerprint density at radius 2 is 1.31 bits per heavy atom. The van der Waals surface area contributed by atoms with Crippen LogP contribution in [0, 0.1) is 0 Å². The van der Waals surface area contributed by atoms with Crippen LogP contribution in [0.4, 0.5) is 0 Å². The van der Waals surface area contributed by atoms with E-state index >= 15 is 0 Å². The minimum atomic E-state index is 0.703. The first-order valence-electron chi connectivity index (χ1n) is 14.0. The SMILES string of the molecule is c1ccc(-c2nc(-c3cccc4oc5ccc(-c6ccc7ccccc7c6)cc5c34)nc3c2sc2ccccc23)cc1. The van der Waals surface area contributed by atoms with Gasteiger partial charge < -0.3 is 4.42 Å². The topological polar surface area (TPSA) is 38.9 Å². The minimum Gasteiger partial charge on any atom is -0.456 e. The van der Waals surface area contributed by atoms with Crippen LogP contribution in [0.3, 0.4) is 0 Å². The zero-order valence-electron chi connectivity index (χ0n) is 22.4. The van der Waals surface area contributed by atoms with Gasteiger partial charge in [-0.1, -0.05) is 103 Å². The fourth-order valence-electron chi connectivity index (χ4n) is 6.06. The van der Waals surface area contributed by atoms with Gasteiger partial charge in [-0.25, -0.2) is 9.97 Å². The van der Waals surface area contributed by atoms with Gasteiger partial charge >= 0.3 is 0 Å². The van der Waals surface area contributed by atoms with Crippen LogP contribution >= 0.6 is 11.3 Å². The van der Waals surface area contributed by atoms with E-state index in [0.29, 0.717) is 5.82 Å². The van der Waals surface area contributed by atoms with E-state index in [4.69, 9.17) is 14.4 Å². The Morgan fingerprint density at radius 3 is 2.24 bits per heavy atom.